The number of halogens is 2. The highest BCUT2D eigenvalue weighted by atomic mass is 32.2. The highest BCUT2D eigenvalue weighted by Crippen LogP contribution is 2.50. The largest absolute Gasteiger partial charge is 0.469 e. The van der Waals surface area contributed by atoms with Crippen molar-refractivity contribution in [2.45, 2.75) is 25.7 Å². The maximum absolute atomic E-state index is 12.0. The summed E-state index contributed by atoms with van der Waals surface area (Å²) in [6.07, 6.45) is -1.72. The molecule has 1 aliphatic carbocycles. The lowest BCUT2D eigenvalue weighted by atomic mass is 10.1. The normalized spacial score (nSPS) is 18.5. The molecule has 1 saturated carbocycles. The van der Waals surface area contributed by atoms with Crippen molar-refractivity contribution in [3.8, 4) is 0 Å². The summed E-state index contributed by atoms with van der Waals surface area (Å²) in [5.74, 6) is -1.97. The molecule has 0 spiro atoms. The first-order chi connectivity index (χ1) is 7.29. The van der Waals surface area contributed by atoms with Gasteiger partial charge >= 0.3 is 5.97 Å². The van der Waals surface area contributed by atoms with Crippen LogP contribution in [0.3, 0.4) is 0 Å². The van der Waals surface area contributed by atoms with Gasteiger partial charge in [-0.05, 0) is 18.3 Å². The van der Waals surface area contributed by atoms with Gasteiger partial charge in [-0.1, -0.05) is 0 Å². The molecule has 0 atom stereocenters. The first kappa shape index (κ1) is 13.3. The summed E-state index contributed by atoms with van der Waals surface area (Å²) in [6, 6.07) is 0. The molecule has 0 aliphatic heterocycles. The molecule has 1 rings (SSSR count). The molecule has 0 aromatic rings. The molecule has 94 valence electrons. The predicted octanol–water partition coefficient (Wildman–Crippen LogP) is 1.01. The molecular weight excluding hydrogens is 242 g/mol. The summed E-state index contributed by atoms with van der Waals surface area (Å²) in [5.41, 5.74) is -0.652. The number of hydrogen-bond acceptors (Lipinski definition) is 4. The molecule has 0 unspecified atom stereocenters. The van der Waals surface area contributed by atoms with Gasteiger partial charge in [-0.2, -0.15) is 0 Å². The number of ether oxygens (including phenoxy) is 1. The Balaban J connectivity index is 2.56. The summed E-state index contributed by atoms with van der Waals surface area (Å²) in [4.78, 5) is 11.0. The second-order valence-electron chi connectivity index (χ2n) is 4.20. The maximum atomic E-state index is 12.0. The SMILES string of the molecule is COC(=O)CC1(CS(=O)(=O)CC(F)F)CC1. The van der Waals surface area contributed by atoms with E-state index in [1.54, 1.807) is 0 Å². The average Bonchev–Trinajstić information content (AvgIpc) is 2.80. The number of carbonyl (C=O) groups is 1. The monoisotopic (exact) mass is 256 g/mol. The molecule has 0 aromatic heterocycles. The molecule has 1 fully saturated rings. The van der Waals surface area contributed by atoms with E-state index in [1.165, 1.54) is 7.11 Å². The minimum absolute atomic E-state index is 0.00797. The van der Waals surface area contributed by atoms with Gasteiger partial charge in [0.25, 0.3) is 6.43 Å². The van der Waals surface area contributed by atoms with E-state index in [0.717, 1.165) is 0 Å². The number of sulfone groups is 1. The van der Waals surface area contributed by atoms with Crippen molar-refractivity contribution in [2.75, 3.05) is 18.6 Å². The number of carbonyl (C=O) groups excluding carboxylic acids is 1. The van der Waals surface area contributed by atoms with Gasteiger partial charge < -0.3 is 4.74 Å². The Labute approximate surface area is 92.9 Å². The van der Waals surface area contributed by atoms with E-state index >= 15 is 0 Å². The van der Waals surface area contributed by atoms with E-state index < -0.39 is 33.4 Å². The Morgan fingerprint density at radius 3 is 2.38 bits per heavy atom. The molecule has 0 bridgehead atoms. The van der Waals surface area contributed by atoms with Crippen molar-refractivity contribution in [1.29, 1.82) is 0 Å². The lowest BCUT2D eigenvalue weighted by Crippen LogP contribution is -2.25. The third-order valence-corrected chi connectivity index (χ3v) is 4.42. The van der Waals surface area contributed by atoms with Gasteiger partial charge in [-0.25, -0.2) is 17.2 Å². The van der Waals surface area contributed by atoms with Crippen LogP contribution in [0.1, 0.15) is 19.3 Å². The summed E-state index contributed by atoms with van der Waals surface area (Å²) in [5, 5.41) is 0. The zero-order chi connectivity index (χ0) is 12.4. The number of rotatable bonds is 6. The third-order valence-electron chi connectivity index (χ3n) is 2.61. The quantitative estimate of drug-likeness (QED) is 0.665. The average molecular weight is 256 g/mol. The van der Waals surface area contributed by atoms with Crippen molar-refractivity contribution in [3.63, 3.8) is 0 Å². The van der Waals surface area contributed by atoms with Gasteiger partial charge in [-0.3, -0.25) is 4.79 Å². The van der Waals surface area contributed by atoms with Crippen LogP contribution in [-0.2, 0) is 19.4 Å². The number of esters is 1. The summed E-state index contributed by atoms with van der Waals surface area (Å²) >= 11 is 0. The fourth-order valence-electron chi connectivity index (χ4n) is 1.64. The van der Waals surface area contributed by atoms with Crippen LogP contribution in [0.4, 0.5) is 8.78 Å². The Bertz CT molecular complexity index is 360. The van der Waals surface area contributed by atoms with E-state index in [2.05, 4.69) is 4.74 Å². The first-order valence-electron chi connectivity index (χ1n) is 4.84. The van der Waals surface area contributed by atoms with Crippen molar-refractivity contribution < 1.29 is 26.7 Å². The van der Waals surface area contributed by atoms with Crippen molar-refractivity contribution in [2.24, 2.45) is 5.41 Å². The van der Waals surface area contributed by atoms with Crippen molar-refractivity contribution in [3.05, 3.63) is 0 Å². The van der Waals surface area contributed by atoms with E-state index in [1.807, 2.05) is 0 Å². The summed E-state index contributed by atoms with van der Waals surface area (Å²) in [6.45, 7) is 0. The van der Waals surface area contributed by atoms with E-state index in [-0.39, 0.29) is 12.2 Å². The highest BCUT2D eigenvalue weighted by molar-refractivity contribution is 7.91. The predicted molar refractivity (Wildman–Crippen MR) is 53.0 cm³/mol. The van der Waals surface area contributed by atoms with Gasteiger partial charge in [0.15, 0.2) is 9.84 Å². The lowest BCUT2D eigenvalue weighted by molar-refractivity contribution is -0.141. The Morgan fingerprint density at radius 2 is 2.00 bits per heavy atom. The first-order valence-corrected chi connectivity index (χ1v) is 6.66. The van der Waals surface area contributed by atoms with Gasteiger partial charge in [0.05, 0.1) is 19.3 Å². The van der Waals surface area contributed by atoms with Gasteiger partial charge in [0, 0.05) is 0 Å². The fraction of sp³-hybridized carbons (Fsp3) is 0.889. The van der Waals surface area contributed by atoms with Crippen LogP contribution in [0.15, 0.2) is 0 Å². The molecule has 0 heterocycles. The smallest absolute Gasteiger partial charge is 0.306 e. The molecule has 7 heteroatoms. The summed E-state index contributed by atoms with van der Waals surface area (Å²) < 4.78 is 51.1. The van der Waals surface area contributed by atoms with Crippen LogP contribution in [-0.4, -0.2) is 39.4 Å². The molecular formula is C9H14F2O4S. The summed E-state index contributed by atoms with van der Waals surface area (Å²) in [7, 11) is -2.57. The highest BCUT2D eigenvalue weighted by Gasteiger charge is 2.48. The second-order valence-corrected chi connectivity index (χ2v) is 6.31. The van der Waals surface area contributed by atoms with Gasteiger partial charge in [0.1, 0.15) is 5.75 Å². The van der Waals surface area contributed by atoms with Crippen LogP contribution >= 0.6 is 0 Å². The van der Waals surface area contributed by atoms with Crippen LogP contribution in [0, 0.1) is 5.41 Å². The number of hydrogen-bond donors (Lipinski definition) is 0. The fourth-order valence-corrected chi connectivity index (χ4v) is 3.47. The third kappa shape index (κ3) is 4.03. The Hall–Kier alpha value is -0.720. The maximum Gasteiger partial charge on any atom is 0.306 e. The molecule has 0 saturated heterocycles. The Morgan fingerprint density at radius 1 is 1.44 bits per heavy atom. The van der Waals surface area contributed by atoms with Gasteiger partial charge in [0.2, 0.25) is 0 Å². The van der Waals surface area contributed by atoms with E-state index in [9.17, 15) is 22.0 Å². The van der Waals surface area contributed by atoms with Crippen LogP contribution in [0.25, 0.3) is 0 Å². The zero-order valence-electron chi connectivity index (χ0n) is 8.91. The van der Waals surface area contributed by atoms with E-state index in [4.69, 9.17) is 0 Å². The van der Waals surface area contributed by atoms with Crippen molar-refractivity contribution in [1.82, 2.24) is 0 Å². The number of alkyl halides is 2. The molecule has 16 heavy (non-hydrogen) atoms. The molecule has 1 aliphatic rings. The van der Waals surface area contributed by atoms with E-state index in [0.29, 0.717) is 12.8 Å². The second kappa shape index (κ2) is 4.65. The van der Waals surface area contributed by atoms with Crippen LogP contribution in [0.5, 0.6) is 0 Å². The Kier molecular flexibility index (Phi) is 3.88. The molecule has 4 nitrogen and oxygen atoms in total. The van der Waals surface area contributed by atoms with Crippen LogP contribution < -0.4 is 0 Å². The zero-order valence-corrected chi connectivity index (χ0v) is 9.73. The van der Waals surface area contributed by atoms with Crippen LogP contribution in [0.2, 0.25) is 0 Å². The molecule has 0 N–H and O–H groups in total. The number of methoxy groups -OCH3 is 1. The molecule has 0 radical (unpaired) electrons. The van der Waals surface area contributed by atoms with Crippen molar-refractivity contribution >= 4 is 15.8 Å². The molecule has 0 amide bonds. The topological polar surface area (TPSA) is 60.4 Å². The molecule has 0 aromatic carbocycles. The standard InChI is InChI=1S/C9H14F2O4S/c1-15-8(12)4-9(2-3-9)6-16(13,14)5-7(10)11/h7H,2-6H2,1H3. The minimum atomic E-state index is -3.79. The lowest BCUT2D eigenvalue weighted by Gasteiger charge is -2.13. The van der Waals surface area contributed by atoms with Gasteiger partial charge in [-0.15, -0.1) is 0 Å². The minimum Gasteiger partial charge on any atom is -0.469 e.